The van der Waals surface area contributed by atoms with E-state index in [0.717, 1.165) is 42.7 Å². The van der Waals surface area contributed by atoms with Gasteiger partial charge in [-0.2, -0.15) is 0 Å². The highest BCUT2D eigenvalue weighted by molar-refractivity contribution is 5.79. The summed E-state index contributed by atoms with van der Waals surface area (Å²) >= 11 is 0. The average Bonchev–Trinajstić information content (AvgIpc) is 2.68. The summed E-state index contributed by atoms with van der Waals surface area (Å²) in [6, 6.07) is 19.1. The van der Waals surface area contributed by atoms with Crippen LogP contribution in [0, 0.1) is 6.92 Å². The van der Waals surface area contributed by atoms with E-state index in [1.54, 1.807) is 0 Å². The first-order valence-corrected chi connectivity index (χ1v) is 9.71. The number of aryl methyl sites for hydroxylation is 1. The molecule has 1 aromatic heterocycles. The third kappa shape index (κ3) is 4.53. The molecule has 0 spiro atoms. The predicted octanol–water partition coefficient (Wildman–Crippen LogP) is 3.05. The van der Waals surface area contributed by atoms with Crippen molar-refractivity contribution in [1.82, 2.24) is 15.2 Å². The fraction of sp³-hybridized carbons (Fsp3) is 0.348. The Morgan fingerprint density at radius 3 is 2.85 bits per heavy atom. The minimum Gasteiger partial charge on any atom is -0.390 e. The molecule has 1 atom stereocenters. The minimum absolute atomic E-state index is 0.361. The Labute approximate surface area is 160 Å². The molecule has 0 unspecified atom stereocenters. The van der Waals surface area contributed by atoms with Crippen LogP contribution in [0.1, 0.15) is 22.4 Å². The van der Waals surface area contributed by atoms with Gasteiger partial charge in [0.1, 0.15) is 0 Å². The lowest BCUT2D eigenvalue weighted by Crippen LogP contribution is -2.40. The summed E-state index contributed by atoms with van der Waals surface area (Å²) in [5.41, 5.74) is 6.12. The van der Waals surface area contributed by atoms with Crippen LogP contribution in [0.4, 0.5) is 0 Å². The zero-order valence-corrected chi connectivity index (χ0v) is 15.9. The number of aromatic nitrogens is 1. The van der Waals surface area contributed by atoms with Gasteiger partial charge in [0.15, 0.2) is 0 Å². The van der Waals surface area contributed by atoms with E-state index in [1.165, 1.54) is 16.7 Å². The maximum atomic E-state index is 10.4. The monoisotopic (exact) mass is 361 g/mol. The van der Waals surface area contributed by atoms with Gasteiger partial charge in [-0.3, -0.25) is 9.88 Å². The lowest BCUT2D eigenvalue weighted by atomic mass is 10.00. The Morgan fingerprint density at radius 2 is 1.96 bits per heavy atom. The first kappa shape index (κ1) is 18.1. The molecule has 0 bridgehead atoms. The molecule has 0 saturated heterocycles. The Hall–Kier alpha value is -2.27. The highest BCUT2D eigenvalue weighted by atomic mass is 16.3. The molecule has 4 nitrogen and oxygen atoms in total. The van der Waals surface area contributed by atoms with Crippen molar-refractivity contribution in [2.24, 2.45) is 0 Å². The summed E-state index contributed by atoms with van der Waals surface area (Å²) in [6.45, 7) is 6.03. The summed E-state index contributed by atoms with van der Waals surface area (Å²) in [6.07, 6.45) is 0.709. The van der Waals surface area contributed by atoms with E-state index in [9.17, 15) is 5.11 Å². The van der Waals surface area contributed by atoms with E-state index in [0.29, 0.717) is 13.1 Å². The molecule has 1 aliphatic rings. The van der Waals surface area contributed by atoms with Gasteiger partial charge >= 0.3 is 0 Å². The second kappa shape index (κ2) is 8.17. The van der Waals surface area contributed by atoms with Crippen molar-refractivity contribution >= 4 is 10.9 Å². The Balaban J connectivity index is 1.26. The van der Waals surface area contributed by atoms with E-state index in [4.69, 9.17) is 0 Å². The maximum Gasteiger partial charge on any atom is 0.0791 e. The fourth-order valence-corrected chi connectivity index (χ4v) is 3.84. The summed E-state index contributed by atoms with van der Waals surface area (Å²) in [5, 5.41) is 15.0. The lowest BCUT2D eigenvalue weighted by molar-refractivity contribution is 0.104. The molecule has 4 rings (SSSR count). The smallest absolute Gasteiger partial charge is 0.0791 e. The number of hydrogen-bond acceptors (Lipinski definition) is 4. The van der Waals surface area contributed by atoms with Crippen LogP contribution in [0.15, 0.2) is 54.6 Å². The van der Waals surface area contributed by atoms with Gasteiger partial charge in [0, 0.05) is 43.8 Å². The predicted molar refractivity (Wildman–Crippen MR) is 110 cm³/mol. The van der Waals surface area contributed by atoms with E-state index in [1.807, 2.05) is 13.0 Å². The lowest BCUT2D eigenvalue weighted by Gasteiger charge is -2.30. The van der Waals surface area contributed by atoms with Gasteiger partial charge in [-0.15, -0.1) is 0 Å². The molecule has 27 heavy (non-hydrogen) atoms. The highest BCUT2D eigenvalue weighted by Gasteiger charge is 2.18. The third-order valence-corrected chi connectivity index (χ3v) is 5.28. The number of aliphatic hydroxyl groups is 1. The van der Waals surface area contributed by atoms with Crippen LogP contribution >= 0.6 is 0 Å². The summed E-state index contributed by atoms with van der Waals surface area (Å²) in [5.74, 6) is 0. The Morgan fingerprint density at radius 1 is 1.11 bits per heavy atom. The standard InChI is InChI=1S/C23H27N3O/c1-17-6-8-20-12-18(7-9-23(20)25-17)13-24-14-22(27)16-26-11-10-19-4-2-3-5-21(19)15-26/h2-9,12,22,24,27H,10-11,13-16H2,1H3/t22-/m1/s1. The van der Waals surface area contributed by atoms with E-state index in [-0.39, 0.29) is 6.10 Å². The molecule has 0 amide bonds. The SMILES string of the molecule is Cc1ccc2cc(CNC[C@@H](O)CN3CCc4ccccc4C3)ccc2n1. The first-order chi connectivity index (χ1) is 13.2. The van der Waals surface area contributed by atoms with E-state index >= 15 is 0 Å². The van der Waals surface area contributed by atoms with Crippen LogP contribution in [0.5, 0.6) is 0 Å². The fourth-order valence-electron chi connectivity index (χ4n) is 3.84. The molecule has 0 radical (unpaired) electrons. The van der Waals surface area contributed by atoms with Gasteiger partial charge in [-0.05, 0) is 48.2 Å². The van der Waals surface area contributed by atoms with Gasteiger partial charge in [0.05, 0.1) is 11.6 Å². The molecule has 2 heterocycles. The van der Waals surface area contributed by atoms with Crippen LogP contribution in [0.2, 0.25) is 0 Å². The van der Waals surface area contributed by atoms with E-state index < -0.39 is 0 Å². The zero-order chi connectivity index (χ0) is 18.6. The number of rotatable bonds is 6. The zero-order valence-electron chi connectivity index (χ0n) is 15.9. The van der Waals surface area contributed by atoms with Crippen LogP contribution in [0.3, 0.4) is 0 Å². The molecule has 2 aromatic carbocycles. The van der Waals surface area contributed by atoms with Crippen LogP contribution in [-0.4, -0.2) is 40.7 Å². The molecule has 2 N–H and O–H groups in total. The molecule has 0 fully saturated rings. The normalized spacial score (nSPS) is 15.6. The number of aliphatic hydroxyl groups excluding tert-OH is 1. The molecule has 1 aliphatic heterocycles. The highest BCUT2D eigenvalue weighted by Crippen LogP contribution is 2.18. The molecule has 140 valence electrons. The maximum absolute atomic E-state index is 10.4. The first-order valence-electron chi connectivity index (χ1n) is 9.71. The quantitative estimate of drug-likeness (QED) is 0.708. The average molecular weight is 361 g/mol. The number of nitrogens with zero attached hydrogens (tertiary/aromatic N) is 2. The molecule has 0 saturated carbocycles. The number of fused-ring (bicyclic) bond motifs is 2. The molecule has 4 heteroatoms. The van der Waals surface area contributed by atoms with Gasteiger partial charge < -0.3 is 10.4 Å². The molecule has 0 aliphatic carbocycles. The summed E-state index contributed by atoms with van der Waals surface area (Å²) in [4.78, 5) is 6.89. The van der Waals surface area contributed by atoms with Crippen molar-refractivity contribution in [3.63, 3.8) is 0 Å². The number of benzene rings is 2. The van der Waals surface area contributed by atoms with Gasteiger partial charge in [-0.1, -0.05) is 36.4 Å². The topological polar surface area (TPSA) is 48.4 Å². The second-order valence-electron chi connectivity index (χ2n) is 7.52. The van der Waals surface area contributed by atoms with Crippen molar-refractivity contribution in [2.75, 3.05) is 19.6 Å². The molecular formula is C23H27N3O. The summed E-state index contributed by atoms with van der Waals surface area (Å²) < 4.78 is 0. The van der Waals surface area contributed by atoms with Gasteiger partial charge in [-0.25, -0.2) is 0 Å². The largest absolute Gasteiger partial charge is 0.390 e. The van der Waals surface area contributed by atoms with Crippen molar-refractivity contribution in [1.29, 1.82) is 0 Å². The number of pyridine rings is 1. The Kier molecular flexibility index (Phi) is 5.48. The minimum atomic E-state index is -0.361. The van der Waals surface area contributed by atoms with Crippen LogP contribution in [0.25, 0.3) is 10.9 Å². The van der Waals surface area contributed by atoms with Crippen molar-refractivity contribution in [3.8, 4) is 0 Å². The van der Waals surface area contributed by atoms with Crippen molar-refractivity contribution < 1.29 is 5.11 Å². The number of hydrogen-bond donors (Lipinski definition) is 2. The van der Waals surface area contributed by atoms with E-state index in [2.05, 4.69) is 63.7 Å². The van der Waals surface area contributed by atoms with Crippen molar-refractivity contribution in [3.05, 3.63) is 77.0 Å². The van der Waals surface area contributed by atoms with Gasteiger partial charge in [0.25, 0.3) is 0 Å². The Bertz CT molecular complexity index is 924. The second-order valence-corrected chi connectivity index (χ2v) is 7.52. The number of β-amino-alcohol motifs (C(OH)–C–C–N with tert-alkyl or cyclic N) is 1. The van der Waals surface area contributed by atoms with Crippen LogP contribution in [-0.2, 0) is 19.5 Å². The van der Waals surface area contributed by atoms with Crippen molar-refractivity contribution in [2.45, 2.75) is 32.5 Å². The summed E-state index contributed by atoms with van der Waals surface area (Å²) in [7, 11) is 0. The number of nitrogens with one attached hydrogen (secondary N) is 1. The molecule has 3 aromatic rings. The van der Waals surface area contributed by atoms with Gasteiger partial charge in [0.2, 0.25) is 0 Å². The van der Waals surface area contributed by atoms with Crippen LogP contribution < -0.4 is 5.32 Å². The third-order valence-electron chi connectivity index (χ3n) is 5.28. The molecular weight excluding hydrogens is 334 g/mol.